The van der Waals surface area contributed by atoms with Gasteiger partial charge in [0, 0.05) is 41.5 Å². The molecule has 2 aromatic heterocycles. The van der Waals surface area contributed by atoms with Crippen molar-refractivity contribution >= 4 is 23.4 Å². The summed E-state index contributed by atoms with van der Waals surface area (Å²) < 4.78 is 13.1. The number of hydrogen-bond donors (Lipinski definition) is 2. The number of aromatic nitrogens is 2. The van der Waals surface area contributed by atoms with E-state index in [2.05, 4.69) is 22.2 Å². The van der Waals surface area contributed by atoms with Gasteiger partial charge in [0.05, 0.1) is 29.4 Å². The third-order valence-electron chi connectivity index (χ3n) is 6.50. The van der Waals surface area contributed by atoms with Crippen molar-refractivity contribution in [3.05, 3.63) is 120 Å². The van der Waals surface area contributed by atoms with Gasteiger partial charge in [0.1, 0.15) is 0 Å². The molecule has 4 unspecified atom stereocenters. The first kappa shape index (κ1) is 26.1. The van der Waals surface area contributed by atoms with Crippen LogP contribution < -0.4 is 5.32 Å². The Morgan fingerprint density at radius 2 is 1.84 bits per heavy atom. The Hall–Kier alpha value is -3.56. The molecule has 1 aliphatic rings. The maximum atomic E-state index is 12.7. The molecule has 0 bridgehead atoms. The van der Waals surface area contributed by atoms with Crippen molar-refractivity contribution in [2.45, 2.75) is 37.1 Å². The number of aliphatic hydroxyl groups is 1. The number of anilines is 1. The van der Waals surface area contributed by atoms with Gasteiger partial charge >= 0.3 is 0 Å². The lowest BCUT2D eigenvalue weighted by Crippen LogP contribution is -2.38. The van der Waals surface area contributed by atoms with Crippen LogP contribution in [0.2, 0.25) is 0 Å². The summed E-state index contributed by atoms with van der Waals surface area (Å²) in [6, 6.07) is 24.7. The number of pyridine rings is 2. The number of hydrogen-bond acceptors (Lipinski definition) is 7. The molecule has 0 radical (unpaired) electrons. The number of carbonyl (C=O) groups excluding carboxylic acids is 1. The molecule has 0 aliphatic carbocycles. The average Bonchev–Trinajstić information content (AvgIpc) is 2.98. The van der Waals surface area contributed by atoms with Crippen LogP contribution in [-0.4, -0.2) is 32.8 Å². The number of thioether (sulfide) groups is 1. The Kier molecular flexibility index (Phi) is 8.45. The smallest absolute Gasteiger partial charge is 0.257 e. The van der Waals surface area contributed by atoms with E-state index in [4.69, 9.17) is 9.47 Å². The van der Waals surface area contributed by atoms with E-state index in [9.17, 15) is 9.90 Å². The Balaban J connectivity index is 1.38. The monoisotopic (exact) mass is 527 g/mol. The second-order valence-corrected chi connectivity index (χ2v) is 10.2. The van der Waals surface area contributed by atoms with Crippen LogP contribution in [0.15, 0.2) is 102 Å². The summed E-state index contributed by atoms with van der Waals surface area (Å²) >= 11 is 1.65. The number of rotatable bonds is 8. The van der Waals surface area contributed by atoms with E-state index in [1.54, 1.807) is 36.3 Å². The van der Waals surface area contributed by atoms with E-state index in [0.717, 1.165) is 21.7 Å². The minimum Gasteiger partial charge on any atom is -0.392 e. The molecule has 5 rings (SSSR count). The second kappa shape index (κ2) is 12.3. The van der Waals surface area contributed by atoms with Gasteiger partial charge in [0.15, 0.2) is 6.29 Å². The lowest BCUT2D eigenvalue weighted by atomic mass is 9.91. The topological polar surface area (TPSA) is 93.6 Å². The molecule has 0 saturated carbocycles. The summed E-state index contributed by atoms with van der Waals surface area (Å²) in [5.41, 5.74) is 3.81. The van der Waals surface area contributed by atoms with Crippen LogP contribution in [0.5, 0.6) is 0 Å². The Morgan fingerprint density at radius 3 is 2.58 bits per heavy atom. The summed E-state index contributed by atoms with van der Waals surface area (Å²) in [7, 11) is 0. The Morgan fingerprint density at radius 1 is 0.974 bits per heavy atom. The number of carbonyl (C=O) groups is 1. The van der Waals surface area contributed by atoms with Crippen molar-refractivity contribution in [2.24, 2.45) is 5.92 Å². The van der Waals surface area contributed by atoms with Crippen molar-refractivity contribution < 1.29 is 19.4 Å². The Labute approximate surface area is 226 Å². The van der Waals surface area contributed by atoms with Gasteiger partial charge in [-0.15, -0.1) is 11.8 Å². The highest BCUT2D eigenvalue weighted by Crippen LogP contribution is 2.43. The van der Waals surface area contributed by atoms with E-state index in [-0.39, 0.29) is 30.6 Å². The van der Waals surface area contributed by atoms with Crippen molar-refractivity contribution in [3.8, 4) is 0 Å². The van der Waals surface area contributed by atoms with Crippen molar-refractivity contribution in [1.82, 2.24) is 9.97 Å². The van der Waals surface area contributed by atoms with Gasteiger partial charge in [-0.05, 0) is 47.5 Å². The van der Waals surface area contributed by atoms with E-state index in [1.165, 1.54) is 6.20 Å². The predicted octanol–water partition coefficient (Wildman–Crippen LogP) is 5.80. The van der Waals surface area contributed by atoms with Crippen LogP contribution in [0.1, 0.15) is 46.4 Å². The zero-order valence-corrected chi connectivity index (χ0v) is 21.8. The standard InChI is InChI=1S/C30H29N3O4S/c1-20-26(19-38-27-9-2-3-15-32-27)36-30(37-28(20)22-12-10-21(18-34)11-13-22)23-6-4-8-25(16-23)33-29(35)24-7-5-14-31-17-24/h2-17,20,26,28,30,34H,18-19H2,1H3,(H,33,35). The first-order chi connectivity index (χ1) is 18.6. The highest BCUT2D eigenvalue weighted by Gasteiger charge is 2.38. The third-order valence-corrected chi connectivity index (χ3v) is 7.53. The molecule has 1 saturated heterocycles. The van der Waals surface area contributed by atoms with Gasteiger partial charge in [-0.2, -0.15) is 0 Å². The van der Waals surface area contributed by atoms with Crippen molar-refractivity contribution in [3.63, 3.8) is 0 Å². The van der Waals surface area contributed by atoms with Gasteiger partial charge in [0.25, 0.3) is 5.91 Å². The molecule has 3 heterocycles. The van der Waals surface area contributed by atoms with E-state index in [1.807, 2.05) is 66.7 Å². The number of nitrogens with zero attached hydrogens (tertiary/aromatic N) is 2. The number of nitrogens with one attached hydrogen (secondary N) is 1. The molecule has 1 fully saturated rings. The first-order valence-electron chi connectivity index (χ1n) is 12.5. The number of ether oxygens (including phenoxy) is 2. The van der Waals surface area contributed by atoms with E-state index < -0.39 is 6.29 Å². The molecular formula is C30H29N3O4S. The third kappa shape index (κ3) is 6.28. The predicted molar refractivity (Wildman–Crippen MR) is 147 cm³/mol. The molecule has 8 heteroatoms. The lowest BCUT2D eigenvalue weighted by Gasteiger charge is -2.41. The van der Waals surface area contributed by atoms with Crippen LogP contribution in [0.4, 0.5) is 5.69 Å². The van der Waals surface area contributed by atoms with Crippen molar-refractivity contribution in [1.29, 1.82) is 0 Å². The molecule has 7 nitrogen and oxygen atoms in total. The summed E-state index contributed by atoms with van der Waals surface area (Å²) in [6.45, 7) is 2.13. The van der Waals surface area contributed by atoms with Crippen LogP contribution in [-0.2, 0) is 16.1 Å². The molecule has 2 N–H and O–H groups in total. The zero-order valence-electron chi connectivity index (χ0n) is 20.9. The number of aliphatic hydroxyl groups excluding tert-OH is 1. The maximum Gasteiger partial charge on any atom is 0.257 e. The zero-order chi connectivity index (χ0) is 26.3. The molecule has 1 aliphatic heterocycles. The fraction of sp³-hybridized carbons (Fsp3) is 0.233. The minimum absolute atomic E-state index is 0.00596. The van der Waals surface area contributed by atoms with Gasteiger partial charge in [-0.3, -0.25) is 9.78 Å². The summed E-state index contributed by atoms with van der Waals surface area (Å²) in [5, 5.41) is 13.3. The van der Waals surface area contributed by atoms with Gasteiger partial charge in [-0.25, -0.2) is 4.98 Å². The average molecular weight is 528 g/mol. The SMILES string of the molecule is CC1C(CSc2ccccn2)OC(c2cccc(NC(=O)c3cccnc3)c2)OC1c1ccc(CO)cc1. The minimum atomic E-state index is -0.627. The summed E-state index contributed by atoms with van der Waals surface area (Å²) in [5.74, 6) is 0.539. The van der Waals surface area contributed by atoms with Crippen LogP contribution in [0.25, 0.3) is 0 Å². The second-order valence-electron chi connectivity index (χ2n) is 9.12. The fourth-order valence-electron chi connectivity index (χ4n) is 4.37. The van der Waals surface area contributed by atoms with Gasteiger partial charge in [-0.1, -0.05) is 49.4 Å². The summed E-state index contributed by atoms with van der Waals surface area (Å²) in [6.07, 6.45) is 3.99. The first-order valence-corrected chi connectivity index (χ1v) is 13.4. The normalized spacial score (nSPS) is 21.1. The highest BCUT2D eigenvalue weighted by molar-refractivity contribution is 7.99. The molecule has 0 spiro atoms. The molecule has 1 amide bonds. The van der Waals surface area contributed by atoms with Gasteiger partial charge in [0.2, 0.25) is 0 Å². The molecule has 38 heavy (non-hydrogen) atoms. The molecule has 4 atom stereocenters. The molecule has 194 valence electrons. The number of amides is 1. The molecular weight excluding hydrogens is 498 g/mol. The summed E-state index contributed by atoms with van der Waals surface area (Å²) in [4.78, 5) is 21.1. The largest absolute Gasteiger partial charge is 0.392 e. The van der Waals surface area contributed by atoms with E-state index >= 15 is 0 Å². The quantitative estimate of drug-likeness (QED) is 0.280. The van der Waals surface area contributed by atoms with Crippen LogP contribution in [0, 0.1) is 5.92 Å². The van der Waals surface area contributed by atoms with E-state index in [0.29, 0.717) is 17.0 Å². The Bertz CT molecular complexity index is 1340. The number of benzene rings is 2. The van der Waals surface area contributed by atoms with Gasteiger partial charge < -0.3 is 19.9 Å². The van der Waals surface area contributed by atoms with Crippen molar-refractivity contribution in [2.75, 3.05) is 11.1 Å². The van der Waals surface area contributed by atoms with Crippen LogP contribution >= 0.6 is 11.8 Å². The lowest BCUT2D eigenvalue weighted by molar-refractivity contribution is -0.268. The molecule has 2 aromatic carbocycles. The maximum absolute atomic E-state index is 12.7. The molecule has 4 aromatic rings. The highest BCUT2D eigenvalue weighted by atomic mass is 32.2. The van der Waals surface area contributed by atoms with Crippen LogP contribution in [0.3, 0.4) is 0 Å². The fourth-order valence-corrected chi connectivity index (χ4v) is 5.40.